The van der Waals surface area contributed by atoms with Gasteiger partial charge in [0.15, 0.2) is 0 Å². The molecule has 0 atom stereocenters. The van der Waals surface area contributed by atoms with Crippen molar-refractivity contribution in [3.05, 3.63) is 17.9 Å². The van der Waals surface area contributed by atoms with Crippen molar-refractivity contribution < 1.29 is 12.8 Å². The molecular formula is C12H21N3O3S. The molecule has 1 heterocycles. The van der Waals surface area contributed by atoms with Gasteiger partial charge < -0.3 is 9.73 Å². The van der Waals surface area contributed by atoms with E-state index in [4.69, 9.17) is 9.56 Å². The number of furan rings is 1. The summed E-state index contributed by atoms with van der Waals surface area (Å²) < 4.78 is 27.2. The Balaban J connectivity index is 1.72. The second kappa shape index (κ2) is 6.04. The van der Waals surface area contributed by atoms with E-state index in [1.54, 1.807) is 6.07 Å². The third-order valence-corrected chi connectivity index (χ3v) is 4.04. The highest BCUT2D eigenvalue weighted by molar-refractivity contribution is 7.89. The van der Waals surface area contributed by atoms with Crippen LogP contribution in [0.3, 0.4) is 0 Å². The van der Waals surface area contributed by atoms with Crippen molar-refractivity contribution in [3.8, 4) is 0 Å². The van der Waals surface area contributed by atoms with E-state index in [9.17, 15) is 8.42 Å². The van der Waals surface area contributed by atoms with Gasteiger partial charge in [-0.3, -0.25) is 4.90 Å². The fourth-order valence-electron chi connectivity index (χ4n) is 2.08. The summed E-state index contributed by atoms with van der Waals surface area (Å²) in [5.74, 6) is 0.582. The second-order valence-corrected chi connectivity index (χ2v) is 6.29. The maximum absolute atomic E-state index is 11.0. The molecule has 0 spiro atoms. The smallest absolute Gasteiger partial charge is 0.271 e. The number of nitrogens with zero attached hydrogens (tertiary/aromatic N) is 1. The summed E-state index contributed by atoms with van der Waals surface area (Å²) in [5, 5.41) is 8.03. The Labute approximate surface area is 114 Å². The molecule has 3 N–H and O–H groups in total. The Morgan fingerprint density at radius 2 is 2.21 bits per heavy atom. The predicted molar refractivity (Wildman–Crippen MR) is 72.1 cm³/mol. The summed E-state index contributed by atoms with van der Waals surface area (Å²) in [4.78, 5) is 2.45. The van der Waals surface area contributed by atoms with Gasteiger partial charge >= 0.3 is 0 Å². The Bertz CT molecular complexity index is 508. The van der Waals surface area contributed by atoms with Crippen LogP contribution in [0.5, 0.6) is 0 Å². The molecule has 0 aliphatic heterocycles. The van der Waals surface area contributed by atoms with Gasteiger partial charge in [0.2, 0.25) is 5.09 Å². The number of likely N-dealkylation sites (N-methyl/N-ethyl adjacent to an activating group) is 1. The van der Waals surface area contributed by atoms with Crippen LogP contribution in [-0.2, 0) is 16.6 Å². The lowest BCUT2D eigenvalue weighted by molar-refractivity contribution is 0.275. The van der Waals surface area contributed by atoms with E-state index >= 15 is 0 Å². The van der Waals surface area contributed by atoms with Crippen LogP contribution in [0.25, 0.3) is 0 Å². The van der Waals surface area contributed by atoms with Crippen molar-refractivity contribution in [2.24, 2.45) is 5.14 Å². The van der Waals surface area contributed by atoms with Crippen LogP contribution in [0.1, 0.15) is 25.5 Å². The minimum Gasteiger partial charge on any atom is -0.447 e. The first-order chi connectivity index (χ1) is 9.00. The number of hydrogen-bond acceptors (Lipinski definition) is 5. The summed E-state index contributed by atoms with van der Waals surface area (Å²) in [6.07, 6.45) is 2.62. The molecule has 0 bridgehead atoms. The molecule has 1 aliphatic rings. The highest BCUT2D eigenvalue weighted by atomic mass is 32.2. The normalized spacial score (nSPS) is 16.2. The highest BCUT2D eigenvalue weighted by Gasteiger charge is 2.27. The molecule has 0 unspecified atom stereocenters. The molecule has 7 heteroatoms. The Morgan fingerprint density at radius 3 is 2.74 bits per heavy atom. The first kappa shape index (κ1) is 14.5. The molecule has 6 nitrogen and oxygen atoms in total. The van der Waals surface area contributed by atoms with E-state index in [-0.39, 0.29) is 5.09 Å². The number of hydrogen-bond donors (Lipinski definition) is 2. The van der Waals surface area contributed by atoms with Crippen LogP contribution >= 0.6 is 0 Å². The molecule has 0 radical (unpaired) electrons. The van der Waals surface area contributed by atoms with E-state index in [1.165, 1.54) is 18.9 Å². The third kappa shape index (κ3) is 4.31. The van der Waals surface area contributed by atoms with E-state index in [2.05, 4.69) is 17.1 Å². The van der Waals surface area contributed by atoms with Crippen LogP contribution < -0.4 is 10.5 Å². The first-order valence-electron chi connectivity index (χ1n) is 6.57. The van der Waals surface area contributed by atoms with Crippen molar-refractivity contribution in [3.63, 3.8) is 0 Å². The van der Waals surface area contributed by atoms with Gasteiger partial charge in [0, 0.05) is 19.1 Å². The molecule has 1 aliphatic carbocycles. The Hall–Kier alpha value is -0.890. The van der Waals surface area contributed by atoms with Crippen molar-refractivity contribution in [1.29, 1.82) is 0 Å². The van der Waals surface area contributed by atoms with Gasteiger partial charge in [0.1, 0.15) is 5.76 Å². The Morgan fingerprint density at radius 1 is 1.47 bits per heavy atom. The van der Waals surface area contributed by atoms with Gasteiger partial charge in [-0.1, -0.05) is 6.92 Å². The number of nitrogens with one attached hydrogen (secondary N) is 1. The number of nitrogens with two attached hydrogens (primary N) is 1. The predicted octanol–water partition coefficient (Wildman–Crippen LogP) is 0.501. The molecule has 2 rings (SSSR count). The summed E-state index contributed by atoms with van der Waals surface area (Å²) in [5.41, 5.74) is 0. The average molecular weight is 287 g/mol. The minimum absolute atomic E-state index is 0.183. The average Bonchev–Trinajstić information content (AvgIpc) is 3.05. The van der Waals surface area contributed by atoms with E-state index in [1.807, 2.05) is 0 Å². The zero-order chi connectivity index (χ0) is 13.9. The Kier molecular flexibility index (Phi) is 4.62. The van der Waals surface area contributed by atoms with E-state index in [0.717, 1.165) is 25.7 Å². The molecular weight excluding hydrogens is 266 g/mol. The van der Waals surface area contributed by atoms with Gasteiger partial charge in [-0.25, -0.2) is 13.6 Å². The quantitative estimate of drug-likeness (QED) is 0.680. The fourth-order valence-corrected chi connectivity index (χ4v) is 2.56. The monoisotopic (exact) mass is 287 g/mol. The molecule has 0 aromatic carbocycles. The number of sulfonamides is 1. The molecule has 1 aromatic rings. The molecule has 1 fully saturated rings. The molecule has 1 saturated carbocycles. The molecule has 19 heavy (non-hydrogen) atoms. The van der Waals surface area contributed by atoms with E-state index < -0.39 is 10.0 Å². The summed E-state index contributed by atoms with van der Waals surface area (Å²) in [6.45, 7) is 5.61. The van der Waals surface area contributed by atoms with Crippen molar-refractivity contribution >= 4 is 10.0 Å². The zero-order valence-corrected chi connectivity index (χ0v) is 11.9. The number of primary sulfonamides is 1. The molecule has 0 amide bonds. The van der Waals surface area contributed by atoms with Gasteiger partial charge in [-0.05, 0) is 31.5 Å². The SMILES string of the molecule is CCN(CCNCc1ccc(S(N)(=O)=O)o1)C1CC1. The van der Waals surface area contributed by atoms with Crippen molar-refractivity contribution in [2.45, 2.75) is 37.4 Å². The fraction of sp³-hybridized carbons (Fsp3) is 0.667. The molecule has 1 aromatic heterocycles. The highest BCUT2D eigenvalue weighted by Crippen LogP contribution is 2.25. The molecule has 0 saturated heterocycles. The maximum Gasteiger partial charge on any atom is 0.271 e. The number of rotatable bonds is 8. The van der Waals surface area contributed by atoms with Crippen LogP contribution in [-0.4, -0.2) is 39.0 Å². The third-order valence-electron chi connectivity index (χ3n) is 3.26. The van der Waals surface area contributed by atoms with Gasteiger partial charge in [0.25, 0.3) is 10.0 Å². The van der Waals surface area contributed by atoms with Crippen LogP contribution in [0.2, 0.25) is 0 Å². The van der Waals surface area contributed by atoms with E-state index in [0.29, 0.717) is 12.3 Å². The topological polar surface area (TPSA) is 88.6 Å². The van der Waals surface area contributed by atoms with Crippen LogP contribution in [0.4, 0.5) is 0 Å². The minimum atomic E-state index is -3.74. The van der Waals surface area contributed by atoms with Crippen LogP contribution in [0.15, 0.2) is 21.6 Å². The lowest BCUT2D eigenvalue weighted by atomic mass is 10.4. The van der Waals surface area contributed by atoms with Gasteiger partial charge in [-0.2, -0.15) is 0 Å². The maximum atomic E-state index is 11.0. The largest absolute Gasteiger partial charge is 0.447 e. The lowest BCUT2D eigenvalue weighted by Crippen LogP contribution is -2.33. The summed E-state index contributed by atoms with van der Waals surface area (Å²) in [7, 11) is -3.74. The second-order valence-electron chi connectivity index (χ2n) is 4.80. The first-order valence-corrected chi connectivity index (χ1v) is 8.11. The molecule has 108 valence electrons. The van der Waals surface area contributed by atoms with Crippen LogP contribution in [0, 0.1) is 0 Å². The lowest BCUT2D eigenvalue weighted by Gasteiger charge is -2.19. The van der Waals surface area contributed by atoms with Gasteiger partial charge in [-0.15, -0.1) is 0 Å². The van der Waals surface area contributed by atoms with Crippen molar-refractivity contribution in [1.82, 2.24) is 10.2 Å². The van der Waals surface area contributed by atoms with Crippen molar-refractivity contribution in [2.75, 3.05) is 19.6 Å². The standard InChI is InChI=1S/C12H21N3O3S/c1-2-15(10-3-4-10)8-7-14-9-11-5-6-12(18-11)19(13,16)17/h5-6,10,14H,2-4,7-9H2,1H3,(H2,13,16,17). The summed E-state index contributed by atoms with van der Waals surface area (Å²) >= 11 is 0. The van der Waals surface area contributed by atoms with Gasteiger partial charge in [0.05, 0.1) is 6.54 Å². The zero-order valence-electron chi connectivity index (χ0n) is 11.1. The summed E-state index contributed by atoms with van der Waals surface area (Å²) in [6, 6.07) is 3.78.